The molecule has 1 aliphatic rings. The first-order valence-electron chi connectivity index (χ1n) is 10.3. The largest absolute Gasteiger partial charge is 0.354 e. The SMILES string of the molecule is Cc1sc2nc(CS[C@@H](C)C(=O)NCC3(c4ccccc4)CCC3)[nH]c(=O)c2c1C. The Bertz CT molecular complexity index is 1120. The van der Waals surface area contributed by atoms with Gasteiger partial charge >= 0.3 is 0 Å². The molecule has 2 aromatic heterocycles. The van der Waals surface area contributed by atoms with Gasteiger partial charge in [0.2, 0.25) is 5.91 Å². The number of aromatic nitrogens is 2. The van der Waals surface area contributed by atoms with Crippen LogP contribution in [0.3, 0.4) is 0 Å². The predicted octanol–water partition coefficient (Wildman–Crippen LogP) is 4.46. The van der Waals surface area contributed by atoms with Gasteiger partial charge in [-0.3, -0.25) is 9.59 Å². The third-order valence-electron chi connectivity index (χ3n) is 6.23. The lowest BCUT2D eigenvalue weighted by atomic mass is 9.64. The minimum Gasteiger partial charge on any atom is -0.354 e. The van der Waals surface area contributed by atoms with E-state index in [0.29, 0.717) is 23.5 Å². The van der Waals surface area contributed by atoms with E-state index in [0.717, 1.165) is 28.1 Å². The number of carbonyl (C=O) groups is 1. The maximum absolute atomic E-state index is 12.7. The fraction of sp³-hybridized carbons (Fsp3) is 0.435. The second-order valence-electron chi connectivity index (χ2n) is 8.15. The summed E-state index contributed by atoms with van der Waals surface area (Å²) in [6.45, 7) is 6.55. The number of rotatable bonds is 7. The summed E-state index contributed by atoms with van der Waals surface area (Å²) in [7, 11) is 0. The highest BCUT2D eigenvalue weighted by Gasteiger charge is 2.38. The molecular weight excluding hydrogens is 414 g/mol. The zero-order valence-electron chi connectivity index (χ0n) is 17.6. The number of thioether (sulfide) groups is 1. The zero-order valence-corrected chi connectivity index (χ0v) is 19.2. The third kappa shape index (κ3) is 4.05. The number of benzene rings is 1. The van der Waals surface area contributed by atoms with E-state index in [9.17, 15) is 9.59 Å². The van der Waals surface area contributed by atoms with E-state index >= 15 is 0 Å². The summed E-state index contributed by atoms with van der Waals surface area (Å²) in [6.07, 6.45) is 3.44. The molecule has 1 saturated carbocycles. The Labute approximate surface area is 184 Å². The molecule has 0 unspecified atom stereocenters. The number of carbonyl (C=O) groups excluding carboxylic acids is 1. The van der Waals surface area contributed by atoms with Crippen LogP contribution in [0.25, 0.3) is 10.2 Å². The number of nitrogens with zero attached hydrogens (tertiary/aromatic N) is 1. The van der Waals surface area contributed by atoms with Gasteiger partial charge in [-0.25, -0.2) is 4.98 Å². The number of hydrogen-bond donors (Lipinski definition) is 2. The molecule has 7 heteroatoms. The Balaban J connectivity index is 1.36. The Morgan fingerprint density at radius 2 is 2.03 bits per heavy atom. The van der Waals surface area contributed by atoms with Gasteiger partial charge in [0.05, 0.1) is 16.4 Å². The van der Waals surface area contributed by atoms with Crippen LogP contribution in [0.1, 0.15) is 48.0 Å². The van der Waals surface area contributed by atoms with Crippen molar-refractivity contribution in [1.29, 1.82) is 0 Å². The summed E-state index contributed by atoms with van der Waals surface area (Å²) in [5.41, 5.74) is 2.30. The van der Waals surface area contributed by atoms with Gasteiger partial charge in [0, 0.05) is 16.8 Å². The van der Waals surface area contributed by atoms with Gasteiger partial charge < -0.3 is 10.3 Å². The zero-order chi connectivity index (χ0) is 21.3. The van der Waals surface area contributed by atoms with E-state index in [1.54, 1.807) is 11.3 Å². The van der Waals surface area contributed by atoms with Crippen LogP contribution in [0, 0.1) is 13.8 Å². The van der Waals surface area contributed by atoms with E-state index in [1.165, 1.54) is 23.7 Å². The highest BCUT2D eigenvalue weighted by atomic mass is 32.2. The second-order valence-corrected chi connectivity index (χ2v) is 10.7. The molecule has 0 aliphatic heterocycles. The van der Waals surface area contributed by atoms with Crippen molar-refractivity contribution in [2.24, 2.45) is 0 Å². The Kier molecular flexibility index (Phi) is 6.02. The van der Waals surface area contributed by atoms with Crippen LogP contribution >= 0.6 is 23.1 Å². The van der Waals surface area contributed by atoms with E-state index in [1.807, 2.05) is 26.8 Å². The molecule has 158 valence electrons. The highest BCUT2D eigenvalue weighted by Crippen LogP contribution is 2.43. The number of aromatic amines is 1. The molecule has 2 heterocycles. The smallest absolute Gasteiger partial charge is 0.259 e. The van der Waals surface area contributed by atoms with Crippen LogP contribution in [0.15, 0.2) is 35.1 Å². The van der Waals surface area contributed by atoms with Gasteiger partial charge in [0.15, 0.2) is 0 Å². The van der Waals surface area contributed by atoms with Crippen molar-refractivity contribution in [2.45, 2.75) is 56.5 Å². The second kappa shape index (κ2) is 8.55. The van der Waals surface area contributed by atoms with Crippen LogP contribution in [0.5, 0.6) is 0 Å². The van der Waals surface area contributed by atoms with Gasteiger partial charge in [0.1, 0.15) is 10.7 Å². The number of amides is 1. The standard InChI is InChI=1S/C23H27N3O2S2/c1-14-15(2)30-22-19(14)21(28)25-18(26-22)12-29-16(3)20(27)24-13-23(10-7-11-23)17-8-5-4-6-9-17/h4-6,8-9,16H,7,10-13H2,1-3H3,(H,24,27)(H,25,26,28)/t16-/m0/s1. The minimum absolute atomic E-state index is 0.0356. The van der Waals surface area contributed by atoms with E-state index < -0.39 is 0 Å². The summed E-state index contributed by atoms with van der Waals surface area (Å²) >= 11 is 3.04. The maximum Gasteiger partial charge on any atom is 0.259 e. The molecule has 0 spiro atoms. The molecule has 4 rings (SSSR count). The predicted molar refractivity (Wildman–Crippen MR) is 125 cm³/mol. The normalized spacial score (nSPS) is 16.2. The van der Waals surface area contributed by atoms with Crippen molar-refractivity contribution in [3.05, 3.63) is 62.5 Å². The van der Waals surface area contributed by atoms with Crippen molar-refractivity contribution < 1.29 is 4.79 Å². The molecule has 1 aliphatic carbocycles. The number of hydrogen-bond acceptors (Lipinski definition) is 5. The first-order chi connectivity index (χ1) is 14.4. The molecule has 1 amide bonds. The van der Waals surface area contributed by atoms with Crippen LogP contribution in [-0.4, -0.2) is 27.7 Å². The van der Waals surface area contributed by atoms with Gasteiger partial charge in [-0.1, -0.05) is 36.8 Å². The average molecular weight is 442 g/mol. The van der Waals surface area contributed by atoms with Crippen LogP contribution < -0.4 is 10.9 Å². The molecule has 0 saturated heterocycles. The van der Waals surface area contributed by atoms with Crippen LogP contribution in [0.4, 0.5) is 0 Å². The van der Waals surface area contributed by atoms with Gasteiger partial charge in [-0.15, -0.1) is 23.1 Å². The number of H-pyrrole nitrogens is 1. The average Bonchev–Trinajstić information content (AvgIpc) is 3.00. The van der Waals surface area contributed by atoms with Crippen molar-refractivity contribution in [2.75, 3.05) is 6.54 Å². The maximum atomic E-state index is 12.7. The van der Waals surface area contributed by atoms with Crippen LogP contribution in [-0.2, 0) is 16.0 Å². The van der Waals surface area contributed by atoms with Gasteiger partial charge in [-0.05, 0) is 44.7 Å². The summed E-state index contributed by atoms with van der Waals surface area (Å²) in [5.74, 6) is 1.16. The van der Waals surface area contributed by atoms with Crippen molar-refractivity contribution in [3.63, 3.8) is 0 Å². The van der Waals surface area contributed by atoms with Crippen molar-refractivity contribution >= 4 is 39.2 Å². The lowest BCUT2D eigenvalue weighted by molar-refractivity contribution is -0.120. The summed E-state index contributed by atoms with van der Waals surface area (Å²) in [5, 5.41) is 3.63. The molecule has 30 heavy (non-hydrogen) atoms. The molecule has 0 bridgehead atoms. The summed E-state index contributed by atoms with van der Waals surface area (Å²) in [6, 6.07) is 10.5. The molecule has 3 aromatic rings. The lowest BCUT2D eigenvalue weighted by Crippen LogP contribution is -2.47. The topological polar surface area (TPSA) is 74.8 Å². The monoisotopic (exact) mass is 441 g/mol. The van der Waals surface area contributed by atoms with Crippen molar-refractivity contribution in [1.82, 2.24) is 15.3 Å². The third-order valence-corrected chi connectivity index (χ3v) is 8.48. The summed E-state index contributed by atoms with van der Waals surface area (Å²) in [4.78, 5) is 34.5. The number of thiophene rings is 1. The molecule has 2 N–H and O–H groups in total. The number of nitrogens with one attached hydrogen (secondary N) is 2. The highest BCUT2D eigenvalue weighted by molar-refractivity contribution is 7.99. The van der Waals surface area contributed by atoms with Gasteiger partial charge in [0.25, 0.3) is 5.56 Å². The first-order valence-corrected chi connectivity index (χ1v) is 12.2. The van der Waals surface area contributed by atoms with Crippen molar-refractivity contribution in [3.8, 4) is 0 Å². The molecule has 1 aromatic carbocycles. The quantitative estimate of drug-likeness (QED) is 0.568. The Morgan fingerprint density at radius 1 is 1.30 bits per heavy atom. The fourth-order valence-corrected chi connectivity index (χ4v) is 5.84. The Hall–Kier alpha value is -2.12. The molecule has 5 nitrogen and oxygen atoms in total. The fourth-order valence-electron chi connectivity index (χ4n) is 4.01. The van der Waals surface area contributed by atoms with E-state index in [-0.39, 0.29) is 22.1 Å². The van der Waals surface area contributed by atoms with E-state index in [4.69, 9.17) is 0 Å². The molecule has 1 fully saturated rings. The van der Waals surface area contributed by atoms with Gasteiger partial charge in [-0.2, -0.15) is 0 Å². The van der Waals surface area contributed by atoms with Crippen LogP contribution in [0.2, 0.25) is 0 Å². The minimum atomic E-state index is -0.217. The summed E-state index contributed by atoms with van der Waals surface area (Å²) < 4.78 is 0. The van der Waals surface area contributed by atoms with E-state index in [2.05, 4.69) is 39.6 Å². The first kappa shape index (κ1) is 21.1. The lowest BCUT2D eigenvalue weighted by Gasteiger charge is -2.42. The molecular formula is C23H27N3O2S2. The molecule has 0 radical (unpaired) electrons. The Morgan fingerprint density at radius 3 is 2.70 bits per heavy atom. The molecule has 1 atom stereocenters. The number of fused-ring (bicyclic) bond motifs is 1. The number of aryl methyl sites for hydroxylation is 2.